The van der Waals surface area contributed by atoms with Crippen molar-refractivity contribution in [3.8, 4) is 5.75 Å². The molecule has 2 aromatic carbocycles. The molecule has 0 aliphatic carbocycles. The van der Waals surface area contributed by atoms with Crippen LogP contribution >= 0.6 is 0 Å². The molecule has 2 N–H and O–H groups in total. The van der Waals surface area contributed by atoms with Gasteiger partial charge in [-0.3, -0.25) is 9.20 Å². The van der Waals surface area contributed by atoms with E-state index in [2.05, 4.69) is 14.7 Å². The summed E-state index contributed by atoms with van der Waals surface area (Å²) in [5.41, 5.74) is 8.66. The summed E-state index contributed by atoms with van der Waals surface area (Å²) in [5.74, 6) is -0.293. The molecule has 182 valence electrons. The number of rotatable bonds is 3. The highest BCUT2D eigenvalue weighted by atomic mass is 19.4. The van der Waals surface area contributed by atoms with E-state index in [4.69, 9.17) is 10.5 Å². The van der Waals surface area contributed by atoms with Gasteiger partial charge in [0.05, 0.1) is 41.8 Å². The second-order valence-corrected chi connectivity index (χ2v) is 8.90. The number of likely N-dealkylation sites (N-methyl/N-ethyl adjacent to an activating group) is 1. The van der Waals surface area contributed by atoms with E-state index in [1.165, 1.54) is 17.0 Å². The van der Waals surface area contributed by atoms with Crippen LogP contribution in [0.25, 0.3) is 16.6 Å². The minimum atomic E-state index is -4.81. The van der Waals surface area contributed by atoms with Gasteiger partial charge in [-0.05, 0) is 55.3 Å². The molecule has 0 radical (unpaired) electrons. The van der Waals surface area contributed by atoms with Crippen LogP contribution in [0, 0.1) is 0 Å². The lowest BCUT2D eigenvalue weighted by Crippen LogP contribution is -2.41. The number of amides is 1. The molecule has 8 nitrogen and oxygen atoms in total. The normalized spacial score (nSPS) is 17.4. The van der Waals surface area contributed by atoms with Crippen molar-refractivity contribution in [1.29, 1.82) is 0 Å². The van der Waals surface area contributed by atoms with Gasteiger partial charge in [0.1, 0.15) is 17.1 Å². The molecule has 1 amide bonds. The molecule has 0 saturated carbocycles. The summed E-state index contributed by atoms with van der Waals surface area (Å²) in [4.78, 5) is 23.5. The van der Waals surface area contributed by atoms with E-state index < -0.39 is 18.0 Å². The van der Waals surface area contributed by atoms with E-state index in [1.54, 1.807) is 62.1 Å². The number of halogens is 3. The summed E-state index contributed by atoms with van der Waals surface area (Å²) in [6.45, 7) is 3.71. The molecular formula is C24H22F3N5O3. The Bertz CT molecular complexity index is 1460. The van der Waals surface area contributed by atoms with Crippen LogP contribution in [0.5, 0.6) is 5.75 Å². The zero-order chi connectivity index (χ0) is 25.1. The lowest BCUT2D eigenvalue weighted by molar-refractivity contribution is -0.274. The van der Waals surface area contributed by atoms with Crippen molar-refractivity contribution in [2.45, 2.75) is 31.9 Å². The van der Waals surface area contributed by atoms with Gasteiger partial charge in [-0.15, -0.1) is 13.2 Å². The van der Waals surface area contributed by atoms with E-state index in [-0.39, 0.29) is 18.3 Å². The number of nitrogen functional groups attached to an aromatic ring is 1. The van der Waals surface area contributed by atoms with Crippen molar-refractivity contribution in [1.82, 2.24) is 19.3 Å². The Hall–Kier alpha value is -3.86. The molecule has 0 bridgehead atoms. The summed E-state index contributed by atoms with van der Waals surface area (Å²) in [7, 11) is 1.64. The second-order valence-electron chi connectivity index (χ2n) is 8.90. The number of nitrogens with two attached hydrogens (primary N) is 1. The van der Waals surface area contributed by atoms with Gasteiger partial charge in [0, 0.05) is 12.6 Å². The number of nitrogens with zero attached hydrogens (tertiary/aromatic N) is 4. The molecule has 1 aliphatic rings. The molecule has 1 aliphatic heterocycles. The number of fused-ring (bicyclic) bond motifs is 4. The molecule has 1 atom stereocenters. The highest BCUT2D eigenvalue weighted by molar-refractivity contribution is 5.98. The van der Waals surface area contributed by atoms with Gasteiger partial charge in [-0.2, -0.15) is 0 Å². The third kappa shape index (κ3) is 4.01. The van der Waals surface area contributed by atoms with Gasteiger partial charge >= 0.3 is 6.36 Å². The summed E-state index contributed by atoms with van der Waals surface area (Å²) in [5, 5.41) is 0. The number of hydrogen-bond acceptors (Lipinski definition) is 6. The van der Waals surface area contributed by atoms with Gasteiger partial charge in [0.2, 0.25) is 0 Å². The lowest BCUT2D eigenvalue weighted by Gasteiger charge is -2.41. The largest absolute Gasteiger partial charge is 0.573 e. The Morgan fingerprint density at radius 2 is 2.00 bits per heavy atom. The first-order valence-corrected chi connectivity index (χ1v) is 10.8. The molecule has 3 heterocycles. The third-order valence-electron chi connectivity index (χ3n) is 6.28. The first kappa shape index (κ1) is 22.9. The van der Waals surface area contributed by atoms with Crippen LogP contribution in [-0.4, -0.2) is 45.2 Å². The van der Waals surface area contributed by atoms with Crippen LogP contribution in [0.2, 0.25) is 0 Å². The smallest absolute Gasteiger partial charge is 0.406 e. The molecular weight excluding hydrogens is 463 g/mol. The SMILES string of the molecule is CN(C(=O)c1ccc2nc(N)c3cncn3c2c1)[C@@H]1COC(C)(C)c2cc(OC(F)(F)F)ccc21. The van der Waals surface area contributed by atoms with Crippen molar-refractivity contribution in [2.75, 3.05) is 19.4 Å². The predicted molar refractivity (Wildman–Crippen MR) is 122 cm³/mol. The standard InChI is InChI=1S/C24H22F3N5O3/c1-23(2)16-9-14(35-24(25,26)27)5-6-15(16)20(11-34-23)31(3)22(33)13-4-7-17-18(8-13)32-12-29-10-19(32)21(28)30-17/h4-10,12,20H,11H2,1-3H3,(H2,28,30)/t20-/m1/s1. The zero-order valence-corrected chi connectivity index (χ0v) is 19.1. The molecule has 4 aromatic rings. The number of benzene rings is 2. The molecule has 0 saturated heterocycles. The highest BCUT2D eigenvalue weighted by Crippen LogP contribution is 2.41. The van der Waals surface area contributed by atoms with Crippen molar-refractivity contribution < 1.29 is 27.4 Å². The number of hydrogen-bond donors (Lipinski definition) is 1. The van der Waals surface area contributed by atoms with Crippen molar-refractivity contribution in [3.05, 3.63) is 65.6 Å². The number of anilines is 1. The fourth-order valence-corrected chi connectivity index (χ4v) is 4.47. The Kier molecular flexibility index (Phi) is 5.13. The average molecular weight is 485 g/mol. The van der Waals surface area contributed by atoms with Crippen molar-refractivity contribution >= 4 is 28.3 Å². The third-order valence-corrected chi connectivity index (χ3v) is 6.28. The summed E-state index contributed by atoms with van der Waals surface area (Å²) >= 11 is 0. The lowest BCUT2D eigenvalue weighted by atomic mass is 9.86. The number of imidazole rings is 1. The Morgan fingerprint density at radius 1 is 1.23 bits per heavy atom. The summed E-state index contributed by atoms with van der Waals surface area (Å²) < 4.78 is 50.1. The topological polar surface area (TPSA) is 95.0 Å². The van der Waals surface area contributed by atoms with E-state index in [1.807, 2.05) is 0 Å². The molecule has 0 fully saturated rings. The number of aromatic nitrogens is 3. The van der Waals surface area contributed by atoms with Crippen LogP contribution < -0.4 is 10.5 Å². The first-order valence-electron chi connectivity index (χ1n) is 10.8. The zero-order valence-electron chi connectivity index (χ0n) is 19.1. The number of carbonyl (C=O) groups is 1. The van der Waals surface area contributed by atoms with Crippen molar-refractivity contribution in [3.63, 3.8) is 0 Å². The summed E-state index contributed by atoms with van der Waals surface area (Å²) in [6, 6.07) is 8.68. The quantitative estimate of drug-likeness (QED) is 0.461. The monoisotopic (exact) mass is 485 g/mol. The molecule has 35 heavy (non-hydrogen) atoms. The molecule has 2 aromatic heterocycles. The Labute approximate surface area is 198 Å². The van der Waals surface area contributed by atoms with Gasteiger partial charge in [-0.25, -0.2) is 9.97 Å². The van der Waals surface area contributed by atoms with Crippen molar-refractivity contribution in [2.24, 2.45) is 0 Å². The maximum atomic E-state index is 13.5. The fourth-order valence-electron chi connectivity index (χ4n) is 4.47. The number of carbonyl (C=O) groups excluding carboxylic acids is 1. The van der Waals surface area contributed by atoms with Gasteiger partial charge in [-0.1, -0.05) is 6.07 Å². The van der Waals surface area contributed by atoms with E-state index in [0.717, 1.165) is 0 Å². The average Bonchev–Trinajstić information content (AvgIpc) is 3.29. The van der Waals surface area contributed by atoms with Crippen LogP contribution in [0.4, 0.5) is 19.0 Å². The second kappa shape index (κ2) is 7.84. The summed E-state index contributed by atoms with van der Waals surface area (Å²) in [6.07, 6.45) is -1.62. The Balaban J connectivity index is 1.51. The molecule has 11 heteroatoms. The van der Waals surface area contributed by atoms with Crippen LogP contribution in [-0.2, 0) is 10.3 Å². The van der Waals surface area contributed by atoms with Gasteiger partial charge < -0.3 is 20.1 Å². The maximum absolute atomic E-state index is 13.5. The van der Waals surface area contributed by atoms with Gasteiger partial charge in [0.25, 0.3) is 5.91 Å². The maximum Gasteiger partial charge on any atom is 0.573 e. The predicted octanol–water partition coefficient (Wildman–Crippen LogP) is 4.44. The minimum absolute atomic E-state index is 0.180. The highest BCUT2D eigenvalue weighted by Gasteiger charge is 2.38. The molecule has 0 spiro atoms. The van der Waals surface area contributed by atoms with Crippen LogP contribution in [0.1, 0.15) is 41.4 Å². The van der Waals surface area contributed by atoms with Crippen LogP contribution in [0.3, 0.4) is 0 Å². The van der Waals surface area contributed by atoms with Gasteiger partial charge in [0.15, 0.2) is 0 Å². The van der Waals surface area contributed by atoms with E-state index >= 15 is 0 Å². The molecule has 5 rings (SSSR count). The Morgan fingerprint density at radius 3 is 2.74 bits per heavy atom. The fraction of sp³-hybridized carbons (Fsp3) is 0.292. The molecule has 0 unspecified atom stereocenters. The van der Waals surface area contributed by atoms with Crippen LogP contribution in [0.15, 0.2) is 48.9 Å². The first-order chi connectivity index (χ1) is 16.4. The van der Waals surface area contributed by atoms with E-state index in [9.17, 15) is 18.0 Å². The van der Waals surface area contributed by atoms with E-state index in [0.29, 0.717) is 39.1 Å². The minimum Gasteiger partial charge on any atom is -0.406 e. The number of alkyl halides is 3. The number of ether oxygens (including phenoxy) is 2.